The van der Waals surface area contributed by atoms with Gasteiger partial charge in [-0.2, -0.15) is 0 Å². The molecule has 0 bridgehead atoms. The molecule has 0 radical (unpaired) electrons. The van der Waals surface area contributed by atoms with Crippen molar-refractivity contribution < 1.29 is 9.59 Å². The van der Waals surface area contributed by atoms with Crippen LogP contribution in [-0.2, 0) is 9.59 Å². The number of anilines is 2. The molecule has 4 nitrogen and oxygen atoms in total. The van der Waals surface area contributed by atoms with Gasteiger partial charge in [0.25, 0.3) is 5.91 Å². The lowest BCUT2D eigenvalue weighted by Gasteiger charge is -2.29. The van der Waals surface area contributed by atoms with Crippen LogP contribution >= 0.6 is 39.3 Å². The lowest BCUT2D eigenvalue weighted by molar-refractivity contribution is -0.121. The monoisotopic (exact) mass is 422 g/mol. The Bertz CT molecular complexity index is 875. The topological polar surface area (TPSA) is 49.4 Å². The van der Waals surface area contributed by atoms with Crippen molar-refractivity contribution in [2.75, 3.05) is 10.2 Å². The first-order valence-electron chi connectivity index (χ1n) is 7.39. The van der Waals surface area contributed by atoms with Crippen molar-refractivity contribution in [1.29, 1.82) is 0 Å². The van der Waals surface area contributed by atoms with Crippen molar-refractivity contribution in [1.82, 2.24) is 0 Å². The maximum Gasteiger partial charge on any atom is 0.261 e. The normalized spacial score (nSPS) is 21.6. The molecule has 7 heteroatoms. The van der Waals surface area contributed by atoms with Crippen molar-refractivity contribution in [3.8, 4) is 0 Å². The molecule has 2 aromatic carbocycles. The molecule has 4 rings (SSSR count). The minimum Gasteiger partial charge on any atom is -0.322 e. The Morgan fingerprint density at radius 3 is 2.88 bits per heavy atom. The highest BCUT2D eigenvalue weighted by molar-refractivity contribution is 9.10. The van der Waals surface area contributed by atoms with Crippen LogP contribution in [0.3, 0.4) is 0 Å². The van der Waals surface area contributed by atoms with Gasteiger partial charge in [0.05, 0.1) is 16.4 Å². The number of thioether (sulfide) groups is 1. The number of carbonyl (C=O) groups is 2. The van der Waals surface area contributed by atoms with Crippen molar-refractivity contribution in [3.63, 3.8) is 0 Å². The van der Waals surface area contributed by atoms with E-state index in [1.54, 1.807) is 17.0 Å². The highest BCUT2D eigenvalue weighted by atomic mass is 79.9. The number of nitrogens with one attached hydrogen (secondary N) is 1. The summed E-state index contributed by atoms with van der Waals surface area (Å²) in [5, 5.41) is 3.34. The first-order valence-corrected chi connectivity index (χ1v) is 9.38. The maximum atomic E-state index is 13.1. The van der Waals surface area contributed by atoms with Gasteiger partial charge in [0, 0.05) is 15.8 Å². The molecule has 0 aromatic heterocycles. The summed E-state index contributed by atoms with van der Waals surface area (Å²) in [5.41, 5.74) is 1.34. The zero-order valence-electron chi connectivity index (χ0n) is 12.4. The molecule has 1 N–H and O–H groups in total. The summed E-state index contributed by atoms with van der Waals surface area (Å²) in [6, 6.07) is 12.9. The van der Waals surface area contributed by atoms with Gasteiger partial charge in [-0.3, -0.25) is 14.5 Å². The fraction of sp³-hybridized carbons (Fsp3) is 0.176. The molecule has 2 aromatic rings. The van der Waals surface area contributed by atoms with E-state index in [1.165, 1.54) is 11.8 Å². The van der Waals surface area contributed by atoms with Gasteiger partial charge in [0.15, 0.2) is 4.87 Å². The van der Waals surface area contributed by atoms with Crippen LogP contribution in [0.4, 0.5) is 11.4 Å². The van der Waals surface area contributed by atoms with E-state index in [2.05, 4.69) is 21.2 Å². The summed E-state index contributed by atoms with van der Waals surface area (Å²) >= 11 is 11.0. The number of carbonyl (C=O) groups excluding carboxylic acids is 2. The van der Waals surface area contributed by atoms with E-state index >= 15 is 0 Å². The number of hydrogen-bond donors (Lipinski definition) is 1. The molecule has 0 spiro atoms. The zero-order chi connectivity index (χ0) is 16.9. The van der Waals surface area contributed by atoms with Crippen LogP contribution in [0.5, 0.6) is 0 Å². The molecule has 24 heavy (non-hydrogen) atoms. The highest BCUT2D eigenvalue weighted by Crippen LogP contribution is 2.56. The molecule has 1 fully saturated rings. The van der Waals surface area contributed by atoms with Crippen molar-refractivity contribution in [2.24, 2.45) is 0 Å². The van der Waals surface area contributed by atoms with Crippen LogP contribution in [0.25, 0.3) is 0 Å². The molecule has 2 aliphatic rings. The Kier molecular flexibility index (Phi) is 3.86. The molecular weight excluding hydrogens is 412 g/mol. The Hall–Kier alpha value is -1.50. The Labute approximate surface area is 156 Å². The number of fused-ring (bicyclic) bond motifs is 3. The Morgan fingerprint density at radius 1 is 1.29 bits per heavy atom. The van der Waals surface area contributed by atoms with Gasteiger partial charge in [-0.15, -0.1) is 0 Å². The average molecular weight is 424 g/mol. The SMILES string of the molecule is O=C1CCC2(C(=O)Nc3ccc(Br)cc3Cl)Sc3ccccc3N12. The largest absolute Gasteiger partial charge is 0.322 e. The number of halogens is 2. The molecule has 0 aliphatic carbocycles. The molecule has 1 unspecified atom stereocenters. The van der Waals surface area contributed by atoms with Gasteiger partial charge in [0.1, 0.15) is 0 Å². The van der Waals surface area contributed by atoms with Crippen LogP contribution in [0.1, 0.15) is 12.8 Å². The third kappa shape index (κ3) is 2.36. The summed E-state index contributed by atoms with van der Waals surface area (Å²) in [6.45, 7) is 0. The molecule has 122 valence electrons. The van der Waals surface area contributed by atoms with Crippen molar-refractivity contribution >= 4 is 62.5 Å². The highest BCUT2D eigenvalue weighted by Gasteiger charge is 2.57. The minimum absolute atomic E-state index is 0.0236. The summed E-state index contributed by atoms with van der Waals surface area (Å²) in [5.74, 6) is -0.247. The van der Waals surface area contributed by atoms with E-state index in [0.717, 1.165) is 15.1 Å². The van der Waals surface area contributed by atoms with E-state index < -0.39 is 4.87 Å². The number of rotatable bonds is 2. The molecule has 1 saturated heterocycles. The number of nitrogens with zero attached hydrogens (tertiary/aromatic N) is 1. The predicted molar refractivity (Wildman–Crippen MR) is 99.5 cm³/mol. The fourth-order valence-corrected chi connectivity index (χ4v) is 5.24. The van der Waals surface area contributed by atoms with E-state index in [0.29, 0.717) is 23.6 Å². The lowest BCUT2D eigenvalue weighted by atomic mass is 10.1. The number of hydrogen-bond acceptors (Lipinski definition) is 3. The Morgan fingerprint density at radius 2 is 2.08 bits per heavy atom. The molecule has 0 saturated carbocycles. The average Bonchev–Trinajstić information content (AvgIpc) is 3.06. The minimum atomic E-state index is -0.933. The summed E-state index contributed by atoms with van der Waals surface area (Å²) < 4.78 is 0.837. The molecule has 2 aliphatic heterocycles. The van der Waals surface area contributed by atoms with E-state index in [4.69, 9.17) is 11.6 Å². The van der Waals surface area contributed by atoms with Gasteiger partial charge in [-0.25, -0.2) is 0 Å². The van der Waals surface area contributed by atoms with Crippen LogP contribution < -0.4 is 10.2 Å². The molecule has 2 heterocycles. The number of benzene rings is 2. The molecular formula is C17H12BrClN2O2S. The van der Waals surface area contributed by atoms with E-state index in [-0.39, 0.29) is 11.8 Å². The van der Waals surface area contributed by atoms with Gasteiger partial charge in [-0.1, -0.05) is 51.4 Å². The summed E-state index contributed by atoms with van der Waals surface area (Å²) in [4.78, 5) is 27.1. The molecule has 1 atom stereocenters. The van der Waals surface area contributed by atoms with E-state index in [1.807, 2.05) is 30.3 Å². The summed E-state index contributed by atoms with van der Waals surface area (Å²) in [7, 11) is 0. The van der Waals surface area contributed by atoms with Crippen LogP contribution in [0.15, 0.2) is 51.8 Å². The number of para-hydroxylation sites is 1. The second-order valence-electron chi connectivity index (χ2n) is 5.66. The maximum absolute atomic E-state index is 13.1. The standard InChI is InChI=1S/C17H12BrClN2O2S/c18-10-5-6-12(11(19)9-10)20-16(23)17-8-7-15(22)21(17)13-3-1-2-4-14(13)24-17/h1-6,9H,7-8H2,(H,20,23). The number of amides is 2. The smallest absolute Gasteiger partial charge is 0.261 e. The van der Waals surface area contributed by atoms with Crippen LogP contribution in [0.2, 0.25) is 5.02 Å². The van der Waals surface area contributed by atoms with Gasteiger partial charge in [-0.05, 0) is 36.8 Å². The summed E-state index contributed by atoms with van der Waals surface area (Å²) in [6.07, 6.45) is 0.841. The Balaban J connectivity index is 1.70. The van der Waals surface area contributed by atoms with Crippen molar-refractivity contribution in [2.45, 2.75) is 22.6 Å². The third-order valence-electron chi connectivity index (χ3n) is 4.21. The first kappa shape index (κ1) is 16.0. The quantitative estimate of drug-likeness (QED) is 0.763. The van der Waals surface area contributed by atoms with Crippen molar-refractivity contribution in [3.05, 3.63) is 52.0 Å². The fourth-order valence-electron chi connectivity index (χ4n) is 3.11. The zero-order valence-corrected chi connectivity index (χ0v) is 15.5. The lowest BCUT2D eigenvalue weighted by Crippen LogP contribution is -2.49. The van der Waals surface area contributed by atoms with Crippen LogP contribution in [0, 0.1) is 0 Å². The third-order valence-corrected chi connectivity index (χ3v) is 6.49. The van der Waals surface area contributed by atoms with Gasteiger partial charge >= 0.3 is 0 Å². The van der Waals surface area contributed by atoms with E-state index in [9.17, 15) is 9.59 Å². The van der Waals surface area contributed by atoms with Crippen LogP contribution in [-0.4, -0.2) is 16.7 Å². The van der Waals surface area contributed by atoms with Gasteiger partial charge < -0.3 is 5.32 Å². The second kappa shape index (κ2) is 5.79. The second-order valence-corrected chi connectivity index (χ2v) is 8.30. The predicted octanol–water partition coefficient (Wildman–Crippen LogP) is 4.67. The molecule has 2 amide bonds. The first-order chi connectivity index (χ1) is 11.5. The van der Waals surface area contributed by atoms with Gasteiger partial charge in [0.2, 0.25) is 5.91 Å².